The van der Waals surface area contributed by atoms with Crippen LogP contribution < -0.4 is 20.4 Å². The highest BCUT2D eigenvalue weighted by Crippen LogP contribution is 2.40. The summed E-state index contributed by atoms with van der Waals surface area (Å²) in [5.74, 6) is 2.32. The summed E-state index contributed by atoms with van der Waals surface area (Å²) in [4.78, 5) is 16.7. The Morgan fingerprint density at radius 3 is 2.67 bits per heavy atom. The molecule has 4 aromatic rings. The molecule has 0 unspecified atom stereocenters. The van der Waals surface area contributed by atoms with Crippen molar-refractivity contribution in [3.8, 4) is 22.8 Å². The third kappa shape index (κ3) is 3.21. The zero-order chi connectivity index (χ0) is 20.8. The van der Waals surface area contributed by atoms with Gasteiger partial charge in [-0.1, -0.05) is 13.8 Å². The highest BCUT2D eigenvalue weighted by atomic mass is 16.7. The molecule has 30 heavy (non-hydrogen) atoms. The number of ether oxygens (including phenoxy) is 2. The van der Waals surface area contributed by atoms with Gasteiger partial charge in [-0.3, -0.25) is 4.98 Å². The third-order valence-corrected chi connectivity index (χ3v) is 5.19. The molecule has 0 fully saturated rings. The van der Waals surface area contributed by atoms with Crippen molar-refractivity contribution in [1.82, 2.24) is 10.3 Å². The largest absolute Gasteiger partial charge is 0.454 e. The Morgan fingerprint density at radius 2 is 1.87 bits per heavy atom. The number of pyridine rings is 1. The second-order valence-corrected chi connectivity index (χ2v) is 7.93. The topological polar surface area (TPSA) is 86.7 Å². The van der Waals surface area contributed by atoms with Crippen LogP contribution in [0.3, 0.4) is 0 Å². The molecule has 0 radical (unpaired) electrons. The molecule has 1 aliphatic rings. The Kier molecular flexibility index (Phi) is 4.47. The van der Waals surface area contributed by atoms with Gasteiger partial charge >= 0.3 is 5.63 Å². The molecule has 1 N–H and O–H groups in total. The number of nitrogens with zero attached hydrogens (tertiary/aromatic N) is 1. The standard InChI is InChI=1S/C23H22N2O5/c1-12(2)8-24-9-14-10-25-13(3)23-15(14)4-18(30-23)17-6-22(26)29-19-7-21-20(5-16(17)19)27-11-28-21/h4-7,10,12,24H,8-9,11H2,1-3H3. The number of nitrogens with one attached hydrogen (secondary N) is 1. The van der Waals surface area contributed by atoms with E-state index < -0.39 is 5.63 Å². The van der Waals surface area contributed by atoms with Gasteiger partial charge in [0.15, 0.2) is 17.1 Å². The zero-order valence-electron chi connectivity index (χ0n) is 17.1. The van der Waals surface area contributed by atoms with E-state index in [1.165, 1.54) is 6.07 Å². The molecule has 0 bridgehead atoms. The van der Waals surface area contributed by atoms with Crippen LogP contribution in [0.5, 0.6) is 11.5 Å². The number of aromatic nitrogens is 1. The average molecular weight is 406 g/mol. The number of benzene rings is 1. The summed E-state index contributed by atoms with van der Waals surface area (Å²) in [6, 6.07) is 6.91. The van der Waals surface area contributed by atoms with E-state index in [1.807, 2.05) is 25.3 Å². The van der Waals surface area contributed by atoms with Gasteiger partial charge in [0.25, 0.3) is 0 Å². The van der Waals surface area contributed by atoms with E-state index in [1.54, 1.807) is 6.07 Å². The first-order valence-electron chi connectivity index (χ1n) is 9.96. The second-order valence-electron chi connectivity index (χ2n) is 7.93. The molecule has 0 saturated carbocycles. The molecule has 3 aromatic heterocycles. The van der Waals surface area contributed by atoms with E-state index in [0.717, 1.165) is 34.2 Å². The van der Waals surface area contributed by atoms with E-state index >= 15 is 0 Å². The maximum atomic E-state index is 12.2. The first-order valence-corrected chi connectivity index (χ1v) is 9.96. The SMILES string of the molecule is Cc1ncc(CNCC(C)C)c2cc(-c3cc(=O)oc4cc5c(cc34)OCO5)oc12. The fraction of sp³-hybridized carbons (Fsp3) is 0.304. The summed E-state index contributed by atoms with van der Waals surface area (Å²) in [5.41, 5.74) is 3.19. The number of hydrogen-bond acceptors (Lipinski definition) is 7. The van der Waals surface area contributed by atoms with Crippen molar-refractivity contribution in [3.05, 3.63) is 52.1 Å². The maximum Gasteiger partial charge on any atom is 0.336 e. The van der Waals surface area contributed by atoms with E-state index in [9.17, 15) is 4.79 Å². The molecule has 1 aromatic carbocycles. The van der Waals surface area contributed by atoms with Crippen molar-refractivity contribution < 1.29 is 18.3 Å². The highest BCUT2D eigenvalue weighted by molar-refractivity contribution is 5.97. The monoisotopic (exact) mass is 406 g/mol. The van der Waals surface area contributed by atoms with Gasteiger partial charge in [0.05, 0.1) is 5.69 Å². The van der Waals surface area contributed by atoms with Gasteiger partial charge in [-0.15, -0.1) is 0 Å². The minimum absolute atomic E-state index is 0.146. The summed E-state index contributed by atoms with van der Waals surface area (Å²) in [5, 5.41) is 5.16. The number of rotatable bonds is 5. The molecule has 0 saturated heterocycles. The van der Waals surface area contributed by atoms with Crippen molar-refractivity contribution in [1.29, 1.82) is 0 Å². The van der Waals surface area contributed by atoms with Gasteiger partial charge < -0.3 is 23.6 Å². The van der Waals surface area contributed by atoms with Gasteiger partial charge in [-0.25, -0.2) is 4.79 Å². The molecule has 1 aliphatic heterocycles. The van der Waals surface area contributed by atoms with Crippen molar-refractivity contribution in [2.24, 2.45) is 5.92 Å². The van der Waals surface area contributed by atoms with E-state index in [4.69, 9.17) is 18.3 Å². The van der Waals surface area contributed by atoms with Crippen LogP contribution >= 0.6 is 0 Å². The second kappa shape index (κ2) is 7.18. The fourth-order valence-corrected chi connectivity index (χ4v) is 3.73. The molecule has 0 amide bonds. The number of aryl methyl sites for hydroxylation is 1. The van der Waals surface area contributed by atoms with E-state index in [-0.39, 0.29) is 6.79 Å². The van der Waals surface area contributed by atoms with Crippen LogP contribution in [0, 0.1) is 12.8 Å². The Balaban J connectivity index is 1.65. The van der Waals surface area contributed by atoms with E-state index in [0.29, 0.717) is 40.9 Å². The molecule has 0 atom stereocenters. The number of hydrogen-bond donors (Lipinski definition) is 1. The van der Waals surface area contributed by atoms with Gasteiger partial charge in [0.2, 0.25) is 6.79 Å². The lowest BCUT2D eigenvalue weighted by molar-refractivity contribution is 0.174. The van der Waals surface area contributed by atoms with Crippen LogP contribution in [-0.2, 0) is 6.54 Å². The summed E-state index contributed by atoms with van der Waals surface area (Å²) in [7, 11) is 0. The van der Waals surface area contributed by atoms with Crippen molar-refractivity contribution >= 4 is 21.9 Å². The van der Waals surface area contributed by atoms with Gasteiger partial charge in [0.1, 0.15) is 11.3 Å². The van der Waals surface area contributed by atoms with Crippen molar-refractivity contribution in [2.75, 3.05) is 13.3 Å². The Morgan fingerprint density at radius 1 is 1.07 bits per heavy atom. The molecular formula is C23H22N2O5. The summed E-state index contributed by atoms with van der Waals surface area (Å²) >= 11 is 0. The smallest absolute Gasteiger partial charge is 0.336 e. The Bertz CT molecular complexity index is 1320. The molecule has 0 spiro atoms. The molecule has 5 rings (SSSR count). The Hall–Kier alpha value is -3.32. The molecule has 4 heterocycles. The normalized spacial score (nSPS) is 13.1. The van der Waals surface area contributed by atoms with Crippen LogP contribution in [0.25, 0.3) is 33.3 Å². The summed E-state index contributed by atoms with van der Waals surface area (Å²) in [6.45, 7) is 8.01. The highest BCUT2D eigenvalue weighted by Gasteiger charge is 2.20. The third-order valence-electron chi connectivity index (χ3n) is 5.19. The van der Waals surface area contributed by atoms with Crippen LogP contribution in [0.2, 0.25) is 0 Å². The lowest BCUT2D eigenvalue weighted by atomic mass is 10.1. The molecule has 154 valence electrons. The predicted molar refractivity (Wildman–Crippen MR) is 113 cm³/mol. The van der Waals surface area contributed by atoms with Gasteiger partial charge in [-0.2, -0.15) is 0 Å². The number of fused-ring (bicyclic) bond motifs is 3. The fourth-order valence-electron chi connectivity index (χ4n) is 3.73. The maximum absolute atomic E-state index is 12.2. The quantitative estimate of drug-likeness (QED) is 0.492. The summed E-state index contributed by atoms with van der Waals surface area (Å²) in [6.07, 6.45) is 1.87. The minimum atomic E-state index is -0.453. The number of furan rings is 1. The first-order chi connectivity index (χ1) is 14.5. The predicted octanol–water partition coefficient (Wildman–Crippen LogP) is 4.38. The van der Waals surface area contributed by atoms with Crippen LogP contribution in [0.15, 0.2) is 44.1 Å². The average Bonchev–Trinajstić information content (AvgIpc) is 3.34. The van der Waals surface area contributed by atoms with Crippen LogP contribution in [0.4, 0.5) is 0 Å². The molecular weight excluding hydrogens is 384 g/mol. The Labute approximate surface area is 172 Å². The molecule has 7 heteroatoms. The molecule has 0 aliphatic carbocycles. The first kappa shape index (κ1) is 18.7. The summed E-state index contributed by atoms with van der Waals surface area (Å²) < 4.78 is 22.5. The van der Waals surface area contributed by atoms with Gasteiger partial charge in [-0.05, 0) is 37.1 Å². The van der Waals surface area contributed by atoms with E-state index in [2.05, 4.69) is 24.1 Å². The van der Waals surface area contributed by atoms with Crippen molar-refractivity contribution in [2.45, 2.75) is 27.3 Å². The van der Waals surface area contributed by atoms with Crippen molar-refractivity contribution in [3.63, 3.8) is 0 Å². The minimum Gasteiger partial charge on any atom is -0.454 e. The van der Waals surface area contributed by atoms with Crippen LogP contribution in [-0.4, -0.2) is 18.3 Å². The van der Waals surface area contributed by atoms with Crippen LogP contribution in [0.1, 0.15) is 25.1 Å². The molecule has 7 nitrogen and oxygen atoms in total. The zero-order valence-corrected chi connectivity index (χ0v) is 17.1. The lowest BCUT2D eigenvalue weighted by Crippen LogP contribution is -2.19. The van der Waals surface area contributed by atoms with Gasteiger partial charge in [0, 0.05) is 41.2 Å². The lowest BCUT2D eigenvalue weighted by Gasteiger charge is -2.08.